The van der Waals surface area contributed by atoms with E-state index in [1.54, 1.807) is 13.4 Å². The smallest absolute Gasteiger partial charge is 0.106 e. The molecule has 0 fully saturated rings. The third-order valence-electron chi connectivity index (χ3n) is 1.76. The van der Waals surface area contributed by atoms with Crippen molar-refractivity contribution in [3.05, 3.63) is 42.2 Å². The summed E-state index contributed by atoms with van der Waals surface area (Å²) in [5.41, 5.74) is 2.16. The van der Waals surface area contributed by atoms with Gasteiger partial charge in [0.1, 0.15) is 6.26 Å². The fourth-order valence-corrected chi connectivity index (χ4v) is 1.23. The second-order valence-electron chi connectivity index (χ2n) is 3.43. The number of methoxy groups -OCH3 is 1. The van der Waals surface area contributed by atoms with E-state index in [9.17, 15) is 0 Å². The maximum atomic E-state index is 5.03. The molecule has 1 N–H and O–H groups in total. The summed E-state index contributed by atoms with van der Waals surface area (Å²) in [5.74, 6) is 0. The molecule has 0 bridgehead atoms. The Labute approximate surface area is 85.6 Å². The highest BCUT2D eigenvalue weighted by Crippen LogP contribution is 2.11. The Balaban J connectivity index is 2.84. The molecule has 0 aliphatic carbocycles. The van der Waals surface area contributed by atoms with Gasteiger partial charge < -0.3 is 10.1 Å². The average Bonchev–Trinajstić information content (AvgIpc) is 2.18. The zero-order chi connectivity index (χ0) is 10.4. The maximum absolute atomic E-state index is 5.03. The van der Waals surface area contributed by atoms with Gasteiger partial charge in [0.25, 0.3) is 0 Å². The molecule has 0 aliphatic heterocycles. The second-order valence-corrected chi connectivity index (χ2v) is 3.43. The monoisotopic (exact) mass is 191 g/mol. The van der Waals surface area contributed by atoms with Crippen LogP contribution in [-0.4, -0.2) is 13.2 Å². The number of hydrogen-bond donors (Lipinski definition) is 1. The van der Waals surface area contributed by atoms with E-state index in [-0.39, 0.29) is 0 Å². The Morgan fingerprint density at radius 2 is 1.93 bits per heavy atom. The van der Waals surface area contributed by atoms with Crippen molar-refractivity contribution in [1.29, 1.82) is 0 Å². The number of rotatable bonds is 4. The summed E-state index contributed by atoms with van der Waals surface area (Å²) in [7, 11) is 1.66. The Bertz CT molecular complexity index is 290. The molecule has 0 spiro atoms. The minimum atomic E-state index is 0.400. The van der Waals surface area contributed by atoms with Crippen LogP contribution in [0.2, 0.25) is 0 Å². The van der Waals surface area contributed by atoms with E-state index < -0.39 is 0 Å². The van der Waals surface area contributed by atoms with Crippen LogP contribution in [0.4, 0.5) is 0 Å². The molecule has 0 saturated carbocycles. The van der Waals surface area contributed by atoms with E-state index in [1.165, 1.54) is 0 Å². The highest BCUT2D eigenvalue weighted by Gasteiger charge is 2.01. The molecule has 0 saturated heterocycles. The lowest BCUT2D eigenvalue weighted by Crippen LogP contribution is -2.21. The predicted molar refractivity (Wildman–Crippen MR) is 59.7 cm³/mol. The van der Waals surface area contributed by atoms with Crippen molar-refractivity contribution in [2.45, 2.75) is 19.9 Å². The van der Waals surface area contributed by atoms with Crippen molar-refractivity contribution >= 4 is 5.70 Å². The van der Waals surface area contributed by atoms with Gasteiger partial charge in [-0.05, 0) is 13.8 Å². The molecule has 0 aromatic heterocycles. The van der Waals surface area contributed by atoms with Crippen LogP contribution >= 0.6 is 0 Å². The lowest BCUT2D eigenvalue weighted by molar-refractivity contribution is 0.337. The molecule has 0 radical (unpaired) electrons. The summed E-state index contributed by atoms with van der Waals surface area (Å²) in [5, 5.41) is 3.33. The Kier molecular flexibility index (Phi) is 4.05. The molecule has 0 atom stereocenters. The molecule has 0 amide bonds. The van der Waals surface area contributed by atoms with Crippen LogP contribution in [0.3, 0.4) is 0 Å². The molecule has 2 nitrogen and oxygen atoms in total. The van der Waals surface area contributed by atoms with Crippen LogP contribution < -0.4 is 5.32 Å². The van der Waals surface area contributed by atoms with E-state index in [1.807, 2.05) is 18.2 Å². The van der Waals surface area contributed by atoms with Crippen LogP contribution in [0.5, 0.6) is 0 Å². The van der Waals surface area contributed by atoms with Crippen molar-refractivity contribution in [3.8, 4) is 0 Å². The predicted octanol–water partition coefficient (Wildman–Crippen LogP) is 2.63. The first kappa shape index (κ1) is 10.6. The summed E-state index contributed by atoms with van der Waals surface area (Å²) >= 11 is 0. The first-order valence-electron chi connectivity index (χ1n) is 4.79. The molecule has 0 heterocycles. The fraction of sp³-hybridized carbons (Fsp3) is 0.333. The van der Waals surface area contributed by atoms with E-state index in [4.69, 9.17) is 4.74 Å². The molecule has 2 heteroatoms. The van der Waals surface area contributed by atoms with E-state index in [2.05, 4.69) is 31.3 Å². The summed E-state index contributed by atoms with van der Waals surface area (Å²) in [6.45, 7) is 4.21. The van der Waals surface area contributed by atoms with Gasteiger partial charge in [0.15, 0.2) is 0 Å². The fourth-order valence-electron chi connectivity index (χ4n) is 1.23. The Hall–Kier alpha value is -1.44. The molecule has 1 aromatic rings. The van der Waals surface area contributed by atoms with Gasteiger partial charge in [-0.15, -0.1) is 0 Å². The van der Waals surface area contributed by atoms with E-state index in [0.29, 0.717) is 6.04 Å². The topological polar surface area (TPSA) is 21.3 Å². The molecule has 1 aromatic carbocycles. The SMILES string of the molecule is COC=C(NC(C)C)c1ccccc1. The summed E-state index contributed by atoms with van der Waals surface area (Å²) in [4.78, 5) is 0. The first-order valence-corrected chi connectivity index (χ1v) is 4.79. The zero-order valence-corrected chi connectivity index (χ0v) is 8.95. The maximum Gasteiger partial charge on any atom is 0.106 e. The van der Waals surface area contributed by atoms with Gasteiger partial charge in [-0.2, -0.15) is 0 Å². The number of ether oxygens (including phenoxy) is 1. The van der Waals surface area contributed by atoms with Gasteiger partial charge in [0.2, 0.25) is 0 Å². The Morgan fingerprint density at radius 1 is 1.29 bits per heavy atom. The van der Waals surface area contributed by atoms with Gasteiger partial charge in [-0.1, -0.05) is 30.3 Å². The van der Waals surface area contributed by atoms with E-state index >= 15 is 0 Å². The van der Waals surface area contributed by atoms with Crippen molar-refractivity contribution in [2.24, 2.45) is 0 Å². The van der Waals surface area contributed by atoms with Gasteiger partial charge in [0, 0.05) is 11.6 Å². The summed E-state index contributed by atoms with van der Waals surface area (Å²) in [6.07, 6.45) is 1.73. The molecule has 1 rings (SSSR count). The highest BCUT2D eigenvalue weighted by atomic mass is 16.5. The third kappa shape index (κ3) is 3.13. The van der Waals surface area contributed by atoms with Crippen molar-refractivity contribution in [1.82, 2.24) is 5.32 Å². The highest BCUT2D eigenvalue weighted by molar-refractivity contribution is 5.62. The van der Waals surface area contributed by atoms with Crippen LogP contribution in [-0.2, 0) is 4.74 Å². The molecule has 14 heavy (non-hydrogen) atoms. The third-order valence-corrected chi connectivity index (χ3v) is 1.76. The second kappa shape index (κ2) is 5.32. The number of hydrogen-bond acceptors (Lipinski definition) is 2. The van der Waals surface area contributed by atoms with E-state index in [0.717, 1.165) is 11.3 Å². The van der Waals surface area contributed by atoms with Gasteiger partial charge in [-0.3, -0.25) is 0 Å². The quantitative estimate of drug-likeness (QED) is 0.739. The lowest BCUT2D eigenvalue weighted by Gasteiger charge is -2.13. The summed E-state index contributed by atoms with van der Waals surface area (Å²) in [6, 6.07) is 10.5. The zero-order valence-electron chi connectivity index (χ0n) is 8.95. The normalized spacial score (nSPS) is 11.6. The van der Waals surface area contributed by atoms with Gasteiger partial charge in [-0.25, -0.2) is 0 Å². The number of nitrogens with one attached hydrogen (secondary N) is 1. The number of benzene rings is 1. The largest absolute Gasteiger partial charge is 0.502 e. The minimum absolute atomic E-state index is 0.400. The van der Waals surface area contributed by atoms with Crippen LogP contribution in [0.15, 0.2) is 36.6 Å². The molecule has 76 valence electrons. The minimum Gasteiger partial charge on any atom is -0.502 e. The lowest BCUT2D eigenvalue weighted by atomic mass is 10.1. The molecule has 0 aliphatic rings. The standard InChI is InChI=1S/C12H17NO/c1-10(2)13-12(9-14-3)11-7-5-4-6-8-11/h4-10,13H,1-3H3. The average molecular weight is 191 g/mol. The summed E-state index contributed by atoms with van der Waals surface area (Å²) < 4.78 is 5.03. The molecule has 0 unspecified atom stereocenters. The molecular formula is C12H17NO. The van der Waals surface area contributed by atoms with Gasteiger partial charge in [0.05, 0.1) is 12.8 Å². The van der Waals surface area contributed by atoms with Crippen molar-refractivity contribution < 1.29 is 4.74 Å². The van der Waals surface area contributed by atoms with Crippen molar-refractivity contribution in [3.63, 3.8) is 0 Å². The first-order chi connectivity index (χ1) is 6.74. The van der Waals surface area contributed by atoms with Crippen LogP contribution in [0, 0.1) is 0 Å². The van der Waals surface area contributed by atoms with Crippen molar-refractivity contribution in [2.75, 3.05) is 7.11 Å². The molecular weight excluding hydrogens is 174 g/mol. The Morgan fingerprint density at radius 3 is 2.43 bits per heavy atom. The van der Waals surface area contributed by atoms with Crippen LogP contribution in [0.1, 0.15) is 19.4 Å². The van der Waals surface area contributed by atoms with Crippen LogP contribution in [0.25, 0.3) is 5.70 Å². The van der Waals surface area contributed by atoms with Gasteiger partial charge >= 0.3 is 0 Å².